The van der Waals surface area contributed by atoms with Crippen LogP contribution in [0.1, 0.15) is 0 Å². The molecule has 0 aliphatic heterocycles. The number of amides is 1. The third-order valence-corrected chi connectivity index (χ3v) is 5.53. The number of aryl methyl sites for hydroxylation is 1. The molecule has 0 spiro atoms. The topological polar surface area (TPSA) is 107 Å². The van der Waals surface area contributed by atoms with Crippen molar-refractivity contribution in [2.45, 2.75) is 9.92 Å². The maximum absolute atomic E-state index is 12.1. The summed E-state index contributed by atoms with van der Waals surface area (Å²) in [4.78, 5) is 20.6. The van der Waals surface area contributed by atoms with Crippen LogP contribution in [-0.4, -0.2) is 46.1 Å². The molecule has 0 aliphatic carbocycles. The van der Waals surface area contributed by atoms with Gasteiger partial charge in [-0.05, 0) is 24.3 Å². The largest absolute Gasteiger partial charge is 0.325 e. The fraction of sp³-hybridized carbons (Fsp3) is 0.200. The number of carbonyl (C=O) groups excluding carboxylic acids is 1. The first-order chi connectivity index (χ1) is 11.8. The maximum Gasteiger partial charge on any atom is 0.234 e. The fourth-order valence-electron chi connectivity index (χ4n) is 2.17. The Hall–Kier alpha value is -2.46. The number of anilines is 1. The van der Waals surface area contributed by atoms with Crippen LogP contribution in [0.4, 0.5) is 5.69 Å². The Bertz CT molecular complexity index is 1030. The lowest BCUT2D eigenvalue weighted by Gasteiger charge is -2.06. The number of nitrogens with zero attached hydrogens (tertiary/aromatic N) is 4. The highest BCUT2D eigenvalue weighted by Crippen LogP contribution is 2.24. The first kappa shape index (κ1) is 17.4. The summed E-state index contributed by atoms with van der Waals surface area (Å²) in [6, 6.07) is 6.04. The minimum Gasteiger partial charge on any atom is -0.325 e. The summed E-state index contributed by atoms with van der Waals surface area (Å²) in [5.74, 6) is -0.0535. The van der Waals surface area contributed by atoms with Crippen molar-refractivity contribution in [3.63, 3.8) is 0 Å². The van der Waals surface area contributed by atoms with E-state index in [0.29, 0.717) is 16.4 Å². The van der Waals surface area contributed by atoms with Crippen molar-refractivity contribution in [1.82, 2.24) is 19.7 Å². The van der Waals surface area contributed by atoms with E-state index < -0.39 is 9.84 Å². The molecule has 2 heterocycles. The van der Waals surface area contributed by atoms with Gasteiger partial charge in [-0.2, -0.15) is 5.10 Å². The van der Waals surface area contributed by atoms with Gasteiger partial charge in [0.25, 0.3) is 0 Å². The zero-order chi connectivity index (χ0) is 18.0. The Morgan fingerprint density at radius 3 is 2.64 bits per heavy atom. The second kappa shape index (κ2) is 6.81. The third-order valence-electron chi connectivity index (χ3n) is 3.40. The van der Waals surface area contributed by atoms with Crippen LogP contribution in [0.25, 0.3) is 11.0 Å². The van der Waals surface area contributed by atoms with Crippen LogP contribution in [0.3, 0.4) is 0 Å². The Morgan fingerprint density at radius 2 is 1.96 bits per heavy atom. The quantitative estimate of drug-likeness (QED) is 0.530. The summed E-state index contributed by atoms with van der Waals surface area (Å²) in [6.07, 6.45) is 4.24. The molecular formula is C15H15N5O3S2. The van der Waals surface area contributed by atoms with Crippen molar-refractivity contribution in [3.05, 3.63) is 36.8 Å². The molecule has 25 heavy (non-hydrogen) atoms. The second-order valence-electron chi connectivity index (χ2n) is 5.32. The Labute approximate surface area is 148 Å². The van der Waals surface area contributed by atoms with E-state index >= 15 is 0 Å². The van der Waals surface area contributed by atoms with Gasteiger partial charge in [-0.15, -0.1) is 0 Å². The van der Waals surface area contributed by atoms with Crippen LogP contribution in [0.5, 0.6) is 0 Å². The zero-order valence-electron chi connectivity index (χ0n) is 13.5. The van der Waals surface area contributed by atoms with Crippen LogP contribution < -0.4 is 5.32 Å². The van der Waals surface area contributed by atoms with E-state index in [1.165, 1.54) is 30.2 Å². The highest BCUT2D eigenvalue weighted by molar-refractivity contribution is 8.00. The number of hydrogen-bond acceptors (Lipinski definition) is 7. The van der Waals surface area contributed by atoms with E-state index in [2.05, 4.69) is 20.4 Å². The Morgan fingerprint density at radius 1 is 1.24 bits per heavy atom. The van der Waals surface area contributed by atoms with E-state index in [9.17, 15) is 13.2 Å². The second-order valence-corrected chi connectivity index (χ2v) is 8.30. The van der Waals surface area contributed by atoms with Gasteiger partial charge in [0.05, 0.1) is 22.2 Å². The van der Waals surface area contributed by atoms with Gasteiger partial charge in [0, 0.05) is 19.0 Å². The lowest BCUT2D eigenvalue weighted by molar-refractivity contribution is -0.113. The smallest absolute Gasteiger partial charge is 0.234 e. The van der Waals surface area contributed by atoms with Gasteiger partial charge >= 0.3 is 0 Å². The molecule has 0 radical (unpaired) electrons. The van der Waals surface area contributed by atoms with E-state index in [0.717, 1.165) is 11.6 Å². The first-order valence-electron chi connectivity index (χ1n) is 7.20. The fourth-order valence-corrected chi connectivity index (χ4v) is 3.56. The van der Waals surface area contributed by atoms with Gasteiger partial charge in [-0.1, -0.05) is 11.8 Å². The molecule has 1 aromatic carbocycles. The number of benzene rings is 1. The standard InChI is InChI=1S/C15H15N5O3S2/c1-20-14-12(7-18-20)15(17-9-16-14)24-8-13(21)19-10-3-5-11(6-4-10)25(2,22)23/h3-7,9H,8H2,1-2H3,(H,19,21). The molecule has 3 aromatic rings. The number of aromatic nitrogens is 4. The van der Waals surface area contributed by atoms with Crippen LogP contribution in [0.15, 0.2) is 46.7 Å². The number of carbonyl (C=O) groups is 1. The number of thioether (sulfide) groups is 1. The average molecular weight is 377 g/mol. The third kappa shape index (κ3) is 3.97. The number of nitrogens with one attached hydrogen (secondary N) is 1. The monoisotopic (exact) mass is 377 g/mol. The van der Waals surface area contributed by atoms with Crippen molar-refractivity contribution in [1.29, 1.82) is 0 Å². The number of hydrogen-bond donors (Lipinski definition) is 1. The predicted octanol–water partition coefficient (Wildman–Crippen LogP) is 1.50. The highest BCUT2D eigenvalue weighted by atomic mass is 32.2. The number of sulfone groups is 1. The molecule has 10 heteroatoms. The van der Waals surface area contributed by atoms with Crippen LogP contribution in [-0.2, 0) is 21.7 Å². The summed E-state index contributed by atoms with van der Waals surface area (Å²) < 4.78 is 24.5. The first-order valence-corrected chi connectivity index (χ1v) is 10.1. The van der Waals surface area contributed by atoms with Gasteiger partial charge in [-0.25, -0.2) is 18.4 Å². The molecule has 1 N–H and O–H groups in total. The van der Waals surface area contributed by atoms with Crippen molar-refractivity contribution < 1.29 is 13.2 Å². The van der Waals surface area contributed by atoms with Crippen LogP contribution in [0, 0.1) is 0 Å². The molecule has 130 valence electrons. The van der Waals surface area contributed by atoms with Crippen LogP contribution in [0.2, 0.25) is 0 Å². The highest BCUT2D eigenvalue weighted by Gasteiger charge is 2.11. The Kier molecular flexibility index (Phi) is 4.73. The molecule has 0 unspecified atom stereocenters. The maximum atomic E-state index is 12.1. The Balaban J connectivity index is 1.65. The van der Waals surface area contributed by atoms with Crippen molar-refractivity contribution in [2.75, 3.05) is 17.3 Å². The summed E-state index contributed by atoms with van der Waals surface area (Å²) >= 11 is 1.29. The normalized spacial score (nSPS) is 11.6. The predicted molar refractivity (Wildman–Crippen MR) is 95.2 cm³/mol. The molecule has 0 fully saturated rings. The van der Waals surface area contributed by atoms with E-state index in [1.54, 1.807) is 30.1 Å². The molecule has 2 aromatic heterocycles. The van der Waals surface area contributed by atoms with Crippen LogP contribution >= 0.6 is 11.8 Å². The minimum atomic E-state index is -3.25. The zero-order valence-corrected chi connectivity index (χ0v) is 15.1. The van der Waals surface area contributed by atoms with E-state index in [1.807, 2.05) is 0 Å². The molecule has 0 saturated heterocycles. The summed E-state index contributed by atoms with van der Waals surface area (Å²) in [5, 5.41) is 8.33. The van der Waals surface area contributed by atoms with Crippen molar-refractivity contribution in [2.24, 2.45) is 7.05 Å². The lowest BCUT2D eigenvalue weighted by Crippen LogP contribution is -2.14. The summed E-state index contributed by atoms with van der Waals surface area (Å²) in [7, 11) is -1.46. The van der Waals surface area contributed by atoms with E-state index in [-0.39, 0.29) is 16.6 Å². The lowest BCUT2D eigenvalue weighted by atomic mass is 10.3. The number of fused-ring (bicyclic) bond motifs is 1. The van der Waals surface area contributed by atoms with Gasteiger partial charge in [0.1, 0.15) is 11.4 Å². The SMILES string of the molecule is Cn1ncc2c(SCC(=O)Nc3ccc(S(C)(=O)=O)cc3)ncnc21. The van der Waals surface area contributed by atoms with Crippen molar-refractivity contribution >= 4 is 44.2 Å². The molecule has 3 rings (SSSR count). The van der Waals surface area contributed by atoms with Crippen molar-refractivity contribution in [3.8, 4) is 0 Å². The van der Waals surface area contributed by atoms with Gasteiger partial charge in [0.2, 0.25) is 5.91 Å². The van der Waals surface area contributed by atoms with E-state index in [4.69, 9.17) is 0 Å². The summed E-state index contributed by atoms with van der Waals surface area (Å²) in [6.45, 7) is 0. The molecule has 0 atom stereocenters. The molecule has 1 amide bonds. The average Bonchev–Trinajstić information content (AvgIpc) is 2.95. The molecule has 0 aliphatic rings. The molecule has 8 nitrogen and oxygen atoms in total. The number of rotatable bonds is 5. The van der Waals surface area contributed by atoms with Gasteiger partial charge < -0.3 is 5.32 Å². The van der Waals surface area contributed by atoms with Gasteiger partial charge in [-0.3, -0.25) is 9.48 Å². The molecule has 0 bridgehead atoms. The minimum absolute atomic E-state index is 0.162. The summed E-state index contributed by atoms with van der Waals surface area (Å²) in [5.41, 5.74) is 1.24. The molecule has 0 saturated carbocycles. The van der Waals surface area contributed by atoms with Gasteiger partial charge in [0.15, 0.2) is 15.5 Å². The molecular weight excluding hydrogens is 362 g/mol.